The van der Waals surface area contributed by atoms with E-state index in [1.807, 2.05) is 0 Å². The molecule has 1 N–H and O–H groups in total. The summed E-state index contributed by atoms with van der Waals surface area (Å²) >= 11 is 6.14. The van der Waals surface area contributed by atoms with E-state index in [1.165, 1.54) is 4.90 Å². The minimum atomic E-state index is -3.92. The first-order valence-electron chi connectivity index (χ1n) is 7.63. The molecule has 0 radical (unpaired) electrons. The molecule has 1 aliphatic rings. The molecule has 1 fully saturated rings. The minimum absolute atomic E-state index is 0.0202. The zero-order valence-electron chi connectivity index (χ0n) is 14.4. The highest BCUT2D eigenvalue weighted by molar-refractivity contribution is 7.92. The van der Waals surface area contributed by atoms with Gasteiger partial charge in [-0.05, 0) is 32.0 Å². The Hall–Kier alpha value is -2.24. The van der Waals surface area contributed by atoms with E-state index in [1.54, 1.807) is 25.1 Å². The summed E-state index contributed by atoms with van der Waals surface area (Å²) in [7, 11) is -3.92. The molecule has 1 aromatic carbocycles. The van der Waals surface area contributed by atoms with Gasteiger partial charge in [0.15, 0.2) is 14.6 Å². The van der Waals surface area contributed by atoms with Gasteiger partial charge < -0.3 is 9.84 Å². The van der Waals surface area contributed by atoms with Crippen LogP contribution in [0.25, 0.3) is 0 Å². The Morgan fingerprint density at radius 2 is 2.15 bits per heavy atom. The highest BCUT2D eigenvalue weighted by Gasteiger charge is 2.48. The summed E-state index contributed by atoms with van der Waals surface area (Å²) in [4.78, 5) is 24.9. The molecule has 2 rings (SSSR count). The molecule has 26 heavy (non-hydrogen) atoms. The van der Waals surface area contributed by atoms with Crippen LogP contribution in [0, 0.1) is 11.8 Å². The van der Waals surface area contributed by atoms with Crippen LogP contribution < -0.4 is 4.90 Å². The molecule has 0 saturated carbocycles. The van der Waals surface area contributed by atoms with Crippen molar-refractivity contribution in [3.63, 3.8) is 0 Å². The Bertz CT molecular complexity index is 917. The Morgan fingerprint density at radius 3 is 2.65 bits per heavy atom. The lowest BCUT2D eigenvalue weighted by molar-refractivity contribution is -0.140. The van der Waals surface area contributed by atoms with Crippen LogP contribution >= 0.6 is 11.6 Å². The van der Waals surface area contributed by atoms with E-state index in [0.717, 1.165) is 13.2 Å². The van der Waals surface area contributed by atoms with Crippen LogP contribution in [0.2, 0.25) is 5.02 Å². The summed E-state index contributed by atoms with van der Waals surface area (Å²) in [5.74, 6) is 4.07. The molecule has 1 saturated heterocycles. The summed E-state index contributed by atoms with van der Waals surface area (Å²) in [5, 5.41) is 9.69. The number of rotatable bonds is 5. The van der Waals surface area contributed by atoms with Gasteiger partial charge in [-0.2, -0.15) is 0 Å². The predicted octanol–water partition coefficient (Wildman–Crippen LogP) is 2.31. The first-order chi connectivity index (χ1) is 12.0. The van der Waals surface area contributed by atoms with Gasteiger partial charge in [0.1, 0.15) is 6.10 Å². The second-order valence-electron chi connectivity index (χ2n) is 6.17. The van der Waals surface area contributed by atoms with Crippen molar-refractivity contribution in [2.75, 3.05) is 17.7 Å². The summed E-state index contributed by atoms with van der Waals surface area (Å²) in [6, 6.07) is 4.85. The lowest BCUT2D eigenvalue weighted by atomic mass is 10.0. The normalized spacial score (nSPS) is 19.3. The van der Waals surface area contributed by atoms with E-state index < -0.39 is 32.8 Å². The Morgan fingerprint density at radius 1 is 1.50 bits per heavy atom. The number of sulfone groups is 1. The van der Waals surface area contributed by atoms with Crippen molar-refractivity contribution >= 4 is 39.2 Å². The van der Waals surface area contributed by atoms with Gasteiger partial charge in [-0.3, -0.25) is 9.69 Å². The predicted molar refractivity (Wildman–Crippen MR) is 97.1 cm³/mol. The molecule has 2 atom stereocenters. The van der Waals surface area contributed by atoms with Gasteiger partial charge >= 0.3 is 12.1 Å². The van der Waals surface area contributed by atoms with Crippen LogP contribution in [0.5, 0.6) is 0 Å². The van der Waals surface area contributed by atoms with Crippen molar-refractivity contribution in [3.8, 4) is 11.8 Å². The summed E-state index contributed by atoms with van der Waals surface area (Å²) in [6.07, 6.45) is -1.08. The van der Waals surface area contributed by atoms with Gasteiger partial charge in [-0.25, -0.2) is 13.2 Å². The Kier molecular flexibility index (Phi) is 5.54. The van der Waals surface area contributed by atoms with Gasteiger partial charge in [0.25, 0.3) is 0 Å². The quantitative estimate of drug-likeness (QED) is 0.762. The standard InChI is InChI=1S/C17H18ClNO6S/c1-4-5-11-6-7-12(8-14(11)18)19-10-13(25-16(19)22)9-17(2,15(20)21)26(3,23)24/h6-8,13H,9-10H2,1-3H3,(H,20,21). The zero-order chi connectivity index (χ0) is 19.7. The third kappa shape index (κ3) is 3.79. The van der Waals surface area contributed by atoms with E-state index in [4.69, 9.17) is 16.3 Å². The van der Waals surface area contributed by atoms with Crippen molar-refractivity contribution in [1.82, 2.24) is 0 Å². The summed E-state index contributed by atoms with van der Waals surface area (Å²) in [5.41, 5.74) is 1.07. The number of carbonyl (C=O) groups excluding carboxylic acids is 1. The Balaban J connectivity index is 2.24. The van der Waals surface area contributed by atoms with Crippen molar-refractivity contribution in [3.05, 3.63) is 28.8 Å². The van der Waals surface area contributed by atoms with Crippen LogP contribution in [0.15, 0.2) is 18.2 Å². The van der Waals surface area contributed by atoms with Crippen molar-refractivity contribution in [2.24, 2.45) is 0 Å². The average Bonchev–Trinajstić information content (AvgIpc) is 2.88. The molecule has 7 nitrogen and oxygen atoms in total. The molecular weight excluding hydrogens is 382 g/mol. The largest absolute Gasteiger partial charge is 0.480 e. The number of amides is 1. The van der Waals surface area contributed by atoms with Crippen molar-refractivity contribution in [1.29, 1.82) is 0 Å². The lowest BCUT2D eigenvalue weighted by Crippen LogP contribution is -2.46. The molecule has 0 aromatic heterocycles. The van der Waals surface area contributed by atoms with E-state index in [9.17, 15) is 23.1 Å². The number of carboxylic acid groups (broad SMARTS) is 1. The van der Waals surface area contributed by atoms with E-state index in [2.05, 4.69) is 11.8 Å². The summed E-state index contributed by atoms with van der Waals surface area (Å²) in [6.45, 7) is 2.80. The van der Waals surface area contributed by atoms with Crippen LogP contribution in [0.1, 0.15) is 25.8 Å². The highest BCUT2D eigenvalue weighted by Crippen LogP contribution is 2.31. The van der Waals surface area contributed by atoms with Crippen LogP contribution in [-0.2, 0) is 19.4 Å². The van der Waals surface area contributed by atoms with Crippen molar-refractivity contribution < 1.29 is 27.9 Å². The summed E-state index contributed by atoms with van der Waals surface area (Å²) < 4.78 is 26.9. The fourth-order valence-electron chi connectivity index (χ4n) is 2.58. The molecule has 1 amide bonds. The first kappa shape index (κ1) is 20.1. The third-order valence-electron chi connectivity index (χ3n) is 4.29. The SMILES string of the molecule is CC#Cc1ccc(N2CC(CC(C)(C(=O)O)S(C)(=O)=O)OC2=O)cc1Cl. The molecule has 1 aliphatic heterocycles. The number of ether oxygens (including phenoxy) is 1. The number of halogens is 1. The van der Waals surface area contributed by atoms with Crippen LogP contribution in [0.4, 0.5) is 10.5 Å². The Labute approximate surface area is 156 Å². The number of carbonyl (C=O) groups is 2. The molecule has 9 heteroatoms. The molecule has 140 valence electrons. The molecule has 1 aromatic rings. The molecule has 1 heterocycles. The van der Waals surface area contributed by atoms with E-state index in [-0.39, 0.29) is 13.0 Å². The number of hydrogen-bond acceptors (Lipinski definition) is 5. The van der Waals surface area contributed by atoms with E-state index in [0.29, 0.717) is 16.3 Å². The average molecular weight is 400 g/mol. The minimum Gasteiger partial charge on any atom is -0.480 e. The first-order valence-corrected chi connectivity index (χ1v) is 9.90. The van der Waals surface area contributed by atoms with Gasteiger partial charge in [0.05, 0.1) is 11.6 Å². The van der Waals surface area contributed by atoms with Gasteiger partial charge in [0, 0.05) is 23.9 Å². The third-order valence-corrected chi connectivity index (χ3v) is 6.58. The molecular formula is C17H18ClNO6S. The van der Waals surface area contributed by atoms with Crippen LogP contribution in [0.3, 0.4) is 0 Å². The van der Waals surface area contributed by atoms with E-state index >= 15 is 0 Å². The number of cyclic esters (lactones) is 1. The van der Waals surface area contributed by atoms with Gasteiger partial charge in [-0.1, -0.05) is 17.5 Å². The lowest BCUT2D eigenvalue weighted by Gasteiger charge is -2.24. The van der Waals surface area contributed by atoms with Crippen LogP contribution in [-0.4, -0.2) is 49.2 Å². The van der Waals surface area contributed by atoms with Gasteiger partial charge in [0.2, 0.25) is 0 Å². The molecule has 2 unspecified atom stereocenters. The molecule has 0 bridgehead atoms. The zero-order valence-corrected chi connectivity index (χ0v) is 16.0. The topological polar surface area (TPSA) is 101 Å². The number of benzene rings is 1. The van der Waals surface area contributed by atoms with Crippen molar-refractivity contribution in [2.45, 2.75) is 31.1 Å². The molecule has 0 aliphatic carbocycles. The van der Waals surface area contributed by atoms with Gasteiger partial charge in [-0.15, -0.1) is 5.92 Å². The smallest absolute Gasteiger partial charge is 0.414 e. The number of hydrogen-bond donors (Lipinski definition) is 1. The second kappa shape index (κ2) is 7.17. The number of aliphatic carboxylic acids is 1. The fraction of sp³-hybridized carbons (Fsp3) is 0.412. The maximum Gasteiger partial charge on any atom is 0.414 e. The maximum absolute atomic E-state index is 12.1. The maximum atomic E-state index is 12.1. The fourth-order valence-corrected chi connectivity index (χ4v) is 3.61. The number of carboxylic acids is 1. The molecule has 0 spiro atoms. The monoisotopic (exact) mass is 399 g/mol. The second-order valence-corrected chi connectivity index (χ2v) is 9.02. The number of nitrogens with zero attached hydrogens (tertiary/aromatic N) is 1. The highest BCUT2D eigenvalue weighted by atomic mass is 35.5. The number of anilines is 1.